The molecule has 7 heteroatoms. The van der Waals surface area contributed by atoms with Gasteiger partial charge in [0.15, 0.2) is 0 Å². The van der Waals surface area contributed by atoms with E-state index >= 15 is 0 Å². The van der Waals surface area contributed by atoms with Gasteiger partial charge < -0.3 is 4.74 Å². The Morgan fingerprint density at radius 3 is 2.67 bits per heavy atom. The largest absolute Gasteiger partial charge is 0.487 e. The van der Waals surface area contributed by atoms with E-state index in [4.69, 9.17) is 4.74 Å². The SMILES string of the molecule is O=S(=O)(c1ccc(F)cc1)N1C[C@H]2CC[C@H]1[C@H]2Oc1cccnc1. The number of hydrogen-bond acceptors (Lipinski definition) is 4. The van der Waals surface area contributed by atoms with Crippen molar-refractivity contribution in [1.29, 1.82) is 0 Å². The Labute approximate surface area is 140 Å². The maximum atomic E-state index is 13.1. The summed E-state index contributed by atoms with van der Waals surface area (Å²) in [6, 6.07) is 8.39. The molecule has 5 nitrogen and oxygen atoms in total. The molecule has 2 heterocycles. The molecule has 1 aliphatic carbocycles. The topological polar surface area (TPSA) is 59.5 Å². The molecule has 0 unspecified atom stereocenters. The fourth-order valence-electron chi connectivity index (χ4n) is 3.66. The summed E-state index contributed by atoms with van der Waals surface area (Å²) in [5.74, 6) is 0.375. The van der Waals surface area contributed by atoms with Crippen LogP contribution in [0.15, 0.2) is 53.7 Å². The lowest BCUT2D eigenvalue weighted by molar-refractivity contribution is 0.167. The third-order valence-electron chi connectivity index (χ3n) is 4.79. The summed E-state index contributed by atoms with van der Waals surface area (Å²) in [6.07, 6.45) is 4.86. The van der Waals surface area contributed by atoms with E-state index in [-0.39, 0.29) is 23.0 Å². The third-order valence-corrected chi connectivity index (χ3v) is 6.69. The molecule has 0 N–H and O–H groups in total. The first-order valence-corrected chi connectivity index (χ1v) is 9.34. The number of pyridine rings is 1. The summed E-state index contributed by atoms with van der Waals surface area (Å²) in [4.78, 5) is 4.15. The Hall–Kier alpha value is -1.99. The molecule has 126 valence electrons. The number of halogens is 1. The molecule has 0 radical (unpaired) electrons. The van der Waals surface area contributed by atoms with E-state index in [0.29, 0.717) is 12.3 Å². The predicted octanol–water partition coefficient (Wildman–Crippen LogP) is 2.45. The first kappa shape index (κ1) is 15.5. The van der Waals surface area contributed by atoms with Gasteiger partial charge in [0.1, 0.15) is 17.7 Å². The van der Waals surface area contributed by atoms with Crippen LogP contribution >= 0.6 is 0 Å². The number of hydrogen-bond donors (Lipinski definition) is 0. The van der Waals surface area contributed by atoms with Crippen molar-refractivity contribution in [2.24, 2.45) is 5.92 Å². The summed E-state index contributed by atoms with van der Waals surface area (Å²) < 4.78 is 46.3. The lowest BCUT2D eigenvalue weighted by atomic mass is 10.1. The number of aromatic nitrogens is 1. The van der Waals surface area contributed by atoms with E-state index in [2.05, 4.69) is 4.98 Å². The van der Waals surface area contributed by atoms with E-state index in [9.17, 15) is 12.8 Å². The van der Waals surface area contributed by atoms with Gasteiger partial charge in [0, 0.05) is 18.7 Å². The van der Waals surface area contributed by atoms with Crippen LogP contribution in [0.4, 0.5) is 4.39 Å². The van der Waals surface area contributed by atoms with Gasteiger partial charge in [-0.25, -0.2) is 12.8 Å². The van der Waals surface area contributed by atoms with Crippen molar-refractivity contribution in [3.05, 3.63) is 54.6 Å². The average molecular weight is 348 g/mol. The van der Waals surface area contributed by atoms with Gasteiger partial charge in [-0.3, -0.25) is 4.98 Å². The van der Waals surface area contributed by atoms with Crippen LogP contribution in [0.5, 0.6) is 5.75 Å². The fourth-order valence-corrected chi connectivity index (χ4v) is 5.38. The van der Waals surface area contributed by atoms with Crippen LogP contribution in [0.25, 0.3) is 0 Å². The number of piperidine rings is 1. The van der Waals surface area contributed by atoms with Gasteiger partial charge in [0.2, 0.25) is 10.0 Å². The average Bonchev–Trinajstić information content (AvgIpc) is 3.13. The molecule has 4 rings (SSSR count). The zero-order chi connectivity index (χ0) is 16.7. The maximum absolute atomic E-state index is 13.1. The van der Waals surface area contributed by atoms with Crippen molar-refractivity contribution >= 4 is 10.0 Å². The van der Waals surface area contributed by atoms with Gasteiger partial charge in [-0.1, -0.05) is 0 Å². The Morgan fingerprint density at radius 2 is 1.96 bits per heavy atom. The third kappa shape index (κ3) is 2.57. The van der Waals surface area contributed by atoms with E-state index in [0.717, 1.165) is 12.8 Å². The Bertz CT molecular complexity index is 827. The normalized spacial score (nSPS) is 26.6. The molecule has 0 spiro atoms. The number of fused-ring (bicyclic) bond motifs is 2. The van der Waals surface area contributed by atoms with Crippen LogP contribution in [0, 0.1) is 11.7 Å². The smallest absolute Gasteiger partial charge is 0.243 e. The molecule has 24 heavy (non-hydrogen) atoms. The van der Waals surface area contributed by atoms with E-state index in [1.165, 1.54) is 28.6 Å². The molecule has 1 aromatic heterocycles. The summed E-state index contributed by atoms with van der Waals surface area (Å²) in [5, 5.41) is 0. The Morgan fingerprint density at radius 1 is 1.17 bits per heavy atom. The zero-order valence-corrected chi connectivity index (χ0v) is 13.7. The molecule has 1 aromatic carbocycles. The summed E-state index contributed by atoms with van der Waals surface area (Å²) in [7, 11) is -3.64. The molecule has 1 saturated carbocycles. The monoisotopic (exact) mass is 348 g/mol. The zero-order valence-electron chi connectivity index (χ0n) is 12.9. The minimum atomic E-state index is -3.64. The molecule has 0 amide bonds. The Balaban J connectivity index is 1.59. The molecular formula is C17H17FN2O3S. The van der Waals surface area contributed by atoms with Crippen LogP contribution in [-0.2, 0) is 10.0 Å². The quantitative estimate of drug-likeness (QED) is 0.852. The number of benzene rings is 1. The van der Waals surface area contributed by atoms with Gasteiger partial charge in [-0.2, -0.15) is 4.31 Å². The second-order valence-corrected chi connectivity index (χ2v) is 8.10. The van der Waals surface area contributed by atoms with Crippen LogP contribution in [0.2, 0.25) is 0 Å². The molecule has 2 fully saturated rings. The van der Waals surface area contributed by atoms with Crippen LogP contribution in [0.3, 0.4) is 0 Å². The van der Waals surface area contributed by atoms with Gasteiger partial charge in [0.05, 0.1) is 17.1 Å². The molecule has 1 saturated heterocycles. The van der Waals surface area contributed by atoms with E-state index in [1.807, 2.05) is 6.07 Å². The maximum Gasteiger partial charge on any atom is 0.243 e. The number of ether oxygens (including phenoxy) is 1. The highest BCUT2D eigenvalue weighted by Crippen LogP contribution is 2.42. The predicted molar refractivity (Wildman–Crippen MR) is 85.5 cm³/mol. The highest BCUT2D eigenvalue weighted by Gasteiger charge is 2.53. The summed E-state index contributed by atoms with van der Waals surface area (Å²) >= 11 is 0. The molecular weight excluding hydrogens is 331 g/mol. The summed E-state index contributed by atoms with van der Waals surface area (Å²) in [6.45, 7) is 0.440. The fraction of sp³-hybridized carbons (Fsp3) is 0.353. The molecule has 3 atom stereocenters. The van der Waals surface area contributed by atoms with Crippen molar-refractivity contribution in [2.45, 2.75) is 29.9 Å². The van der Waals surface area contributed by atoms with Crippen LogP contribution in [-0.4, -0.2) is 36.4 Å². The highest BCUT2D eigenvalue weighted by atomic mass is 32.2. The first-order chi connectivity index (χ1) is 11.6. The van der Waals surface area contributed by atoms with Crippen LogP contribution < -0.4 is 4.74 Å². The lowest BCUT2D eigenvalue weighted by Gasteiger charge is -2.26. The van der Waals surface area contributed by atoms with Crippen molar-refractivity contribution in [2.75, 3.05) is 6.54 Å². The van der Waals surface area contributed by atoms with E-state index < -0.39 is 15.8 Å². The standard InChI is InChI=1S/C17H17FN2O3S/c18-13-4-6-15(7-5-13)24(21,22)20-11-12-3-8-16(20)17(12)23-14-2-1-9-19-10-14/h1-2,4-7,9-10,12,16-17H,3,8,11H2/t12-,16+,17+/m1/s1. The second kappa shape index (κ2) is 5.82. The minimum Gasteiger partial charge on any atom is -0.487 e. The van der Waals surface area contributed by atoms with Gasteiger partial charge in [0.25, 0.3) is 0 Å². The first-order valence-electron chi connectivity index (χ1n) is 7.90. The Kier molecular flexibility index (Phi) is 3.77. The lowest BCUT2D eigenvalue weighted by Crippen LogP contribution is -2.40. The highest BCUT2D eigenvalue weighted by molar-refractivity contribution is 7.89. The van der Waals surface area contributed by atoms with Gasteiger partial charge in [-0.05, 0) is 49.2 Å². The molecule has 2 aliphatic rings. The second-order valence-electron chi connectivity index (χ2n) is 6.20. The van der Waals surface area contributed by atoms with E-state index in [1.54, 1.807) is 18.5 Å². The van der Waals surface area contributed by atoms with Crippen LogP contribution in [0.1, 0.15) is 12.8 Å². The molecule has 1 aliphatic heterocycles. The number of nitrogens with zero attached hydrogens (tertiary/aromatic N) is 2. The number of sulfonamides is 1. The van der Waals surface area contributed by atoms with Crippen molar-refractivity contribution in [1.82, 2.24) is 9.29 Å². The van der Waals surface area contributed by atoms with Gasteiger partial charge in [-0.15, -0.1) is 0 Å². The minimum absolute atomic E-state index is 0.122. The summed E-state index contributed by atoms with van der Waals surface area (Å²) in [5.41, 5.74) is 0. The van der Waals surface area contributed by atoms with Crippen molar-refractivity contribution in [3.63, 3.8) is 0 Å². The van der Waals surface area contributed by atoms with Crippen molar-refractivity contribution < 1.29 is 17.5 Å². The molecule has 2 aromatic rings. The molecule has 2 bridgehead atoms. The number of rotatable bonds is 4. The van der Waals surface area contributed by atoms with Crippen molar-refractivity contribution in [3.8, 4) is 5.75 Å². The van der Waals surface area contributed by atoms with Gasteiger partial charge >= 0.3 is 0 Å².